The molecule has 3 aliphatic rings. The molecule has 5 aromatic carbocycles. The summed E-state index contributed by atoms with van der Waals surface area (Å²) in [5.41, 5.74) is 14.9. The van der Waals surface area contributed by atoms with Crippen LogP contribution in [-0.2, 0) is 0 Å². The minimum Gasteiger partial charge on any atom is -0.356 e. The van der Waals surface area contributed by atoms with Gasteiger partial charge in [-0.3, -0.25) is 24.6 Å². The molecule has 1 aliphatic heterocycles. The summed E-state index contributed by atoms with van der Waals surface area (Å²) in [4.78, 5) is 54.1. The van der Waals surface area contributed by atoms with Crippen LogP contribution in [0.4, 0.5) is 17.1 Å². The van der Waals surface area contributed by atoms with Crippen LogP contribution in [0.15, 0.2) is 127 Å². The number of rotatable bonds is 6. The number of fused-ring (bicyclic) bond motifs is 4. The maximum absolute atomic E-state index is 13.7. The molecule has 0 unspecified atom stereocenters. The topological polar surface area (TPSA) is 123 Å². The lowest BCUT2D eigenvalue weighted by Crippen LogP contribution is -2.56. The van der Waals surface area contributed by atoms with Crippen LogP contribution in [0.2, 0.25) is 0 Å². The molecule has 4 N–H and O–H groups in total. The fourth-order valence-corrected chi connectivity index (χ4v) is 6.21. The van der Waals surface area contributed by atoms with Gasteiger partial charge in [0.2, 0.25) is 0 Å². The zero-order chi connectivity index (χ0) is 32.1. The van der Waals surface area contributed by atoms with E-state index >= 15 is 0 Å². The molecular weight excluding hydrogens is 592 g/mol. The maximum atomic E-state index is 13.7. The second kappa shape index (κ2) is 11.2. The van der Waals surface area contributed by atoms with Gasteiger partial charge in [-0.05, 0) is 24.3 Å². The van der Waals surface area contributed by atoms with Crippen LogP contribution in [0.5, 0.6) is 0 Å². The van der Waals surface area contributed by atoms with E-state index in [0.717, 1.165) is 5.69 Å². The first-order chi connectivity index (χ1) is 23.0. The molecule has 0 bridgehead atoms. The van der Waals surface area contributed by atoms with Crippen molar-refractivity contribution >= 4 is 40.2 Å². The number of para-hydroxylation sites is 1. The number of hydrogen-bond acceptors (Lipinski definition) is 10. The molecule has 0 radical (unpaired) electrons. The maximum Gasteiger partial charge on any atom is 0.196 e. The number of carbonyl (C=O) groups excluding carboxylic acids is 4. The third-order valence-electron chi connectivity index (χ3n) is 8.32. The van der Waals surface area contributed by atoms with E-state index in [9.17, 15) is 19.2 Å². The van der Waals surface area contributed by atoms with Crippen LogP contribution in [0.1, 0.15) is 63.7 Å². The van der Waals surface area contributed by atoms with Crippen molar-refractivity contribution in [2.75, 3.05) is 22.7 Å². The van der Waals surface area contributed by atoms with Crippen LogP contribution >= 0.6 is 0 Å². The molecule has 10 heteroatoms. The van der Waals surface area contributed by atoms with E-state index < -0.39 is 0 Å². The Morgan fingerprint density at radius 2 is 0.979 bits per heavy atom. The van der Waals surface area contributed by atoms with Crippen molar-refractivity contribution in [3.8, 4) is 0 Å². The number of hydrazine groups is 4. The number of nitrogens with zero attached hydrogens (tertiary/aromatic N) is 2. The van der Waals surface area contributed by atoms with E-state index in [1.807, 2.05) is 30.3 Å². The SMILES string of the molecule is O=C1c2ccccc2C(=O)c2c(NC3=CN(Nc4ccccc4)NN(Nc4cccc5c4C(=O)c4ccccc4C5=O)C3)cccc21. The summed E-state index contributed by atoms with van der Waals surface area (Å²) >= 11 is 0. The summed E-state index contributed by atoms with van der Waals surface area (Å²) in [5, 5.41) is 6.63. The molecule has 2 aliphatic carbocycles. The highest BCUT2D eigenvalue weighted by atomic mass is 16.1. The van der Waals surface area contributed by atoms with Gasteiger partial charge in [-0.25, -0.2) is 5.12 Å². The molecule has 1 heterocycles. The lowest BCUT2D eigenvalue weighted by molar-refractivity contribution is 0.0920. The highest BCUT2D eigenvalue weighted by Gasteiger charge is 2.34. The van der Waals surface area contributed by atoms with Crippen molar-refractivity contribution in [1.29, 1.82) is 0 Å². The lowest BCUT2D eigenvalue weighted by Gasteiger charge is -2.37. The van der Waals surface area contributed by atoms with Crippen molar-refractivity contribution < 1.29 is 19.2 Å². The molecule has 8 rings (SSSR count). The largest absolute Gasteiger partial charge is 0.356 e. The average molecular weight is 619 g/mol. The van der Waals surface area contributed by atoms with Gasteiger partial charge >= 0.3 is 0 Å². The second-order valence-corrected chi connectivity index (χ2v) is 11.3. The van der Waals surface area contributed by atoms with Gasteiger partial charge in [0.1, 0.15) is 0 Å². The molecule has 0 spiro atoms. The molecular formula is C37H26N6O4. The zero-order valence-electron chi connectivity index (χ0n) is 24.8. The Hall–Kier alpha value is -6.36. The van der Waals surface area contributed by atoms with Gasteiger partial charge < -0.3 is 10.7 Å². The summed E-state index contributed by atoms with van der Waals surface area (Å²) in [6, 6.07) is 33.5. The molecule has 0 saturated carbocycles. The first-order valence-electron chi connectivity index (χ1n) is 15.0. The summed E-state index contributed by atoms with van der Waals surface area (Å²) in [5.74, 6) is -0.901. The van der Waals surface area contributed by atoms with E-state index in [4.69, 9.17) is 0 Å². The molecule has 228 valence electrons. The van der Waals surface area contributed by atoms with E-state index in [2.05, 4.69) is 21.7 Å². The Balaban J connectivity index is 1.13. The summed E-state index contributed by atoms with van der Waals surface area (Å²) in [6.45, 7) is 0.220. The Bertz CT molecular complexity index is 2180. The van der Waals surface area contributed by atoms with Crippen LogP contribution in [-0.4, -0.2) is 39.9 Å². The first kappa shape index (κ1) is 28.1. The quantitative estimate of drug-likeness (QED) is 0.188. The fraction of sp³-hybridized carbons (Fsp3) is 0.0270. The van der Waals surface area contributed by atoms with Crippen molar-refractivity contribution in [3.63, 3.8) is 0 Å². The average Bonchev–Trinajstić information content (AvgIpc) is 3.10. The summed E-state index contributed by atoms with van der Waals surface area (Å²) < 4.78 is 0. The van der Waals surface area contributed by atoms with Crippen LogP contribution in [0.3, 0.4) is 0 Å². The van der Waals surface area contributed by atoms with Gasteiger partial charge in [0.05, 0.1) is 46.6 Å². The van der Waals surface area contributed by atoms with Crippen molar-refractivity contribution in [2.24, 2.45) is 0 Å². The summed E-state index contributed by atoms with van der Waals surface area (Å²) in [7, 11) is 0. The van der Waals surface area contributed by atoms with E-state index in [1.54, 1.807) is 101 Å². The van der Waals surface area contributed by atoms with Crippen LogP contribution in [0, 0.1) is 0 Å². The zero-order valence-corrected chi connectivity index (χ0v) is 24.8. The second-order valence-electron chi connectivity index (χ2n) is 11.3. The third kappa shape index (κ3) is 4.85. The number of nitrogens with one attached hydrogen (secondary N) is 4. The number of carbonyl (C=O) groups is 4. The van der Waals surface area contributed by atoms with Crippen molar-refractivity contribution in [2.45, 2.75) is 0 Å². The Labute approximate surface area is 269 Å². The molecule has 5 aromatic rings. The van der Waals surface area contributed by atoms with E-state index in [-0.39, 0.29) is 35.2 Å². The first-order valence-corrected chi connectivity index (χ1v) is 15.0. The molecule has 0 amide bonds. The Kier molecular flexibility index (Phi) is 6.71. The molecule has 0 saturated heterocycles. The third-order valence-corrected chi connectivity index (χ3v) is 8.32. The lowest BCUT2D eigenvalue weighted by atomic mass is 9.83. The molecule has 0 aromatic heterocycles. The molecule has 47 heavy (non-hydrogen) atoms. The number of ketones is 4. The Morgan fingerprint density at radius 3 is 1.57 bits per heavy atom. The molecule has 0 atom stereocenters. The number of benzene rings is 5. The highest BCUT2D eigenvalue weighted by Crippen LogP contribution is 2.34. The highest BCUT2D eigenvalue weighted by molar-refractivity contribution is 6.31. The number of hydrogen-bond donors (Lipinski definition) is 4. The van der Waals surface area contributed by atoms with Gasteiger partial charge in [-0.1, -0.05) is 91.0 Å². The smallest absolute Gasteiger partial charge is 0.196 e. The van der Waals surface area contributed by atoms with Gasteiger partial charge in [0, 0.05) is 33.4 Å². The summed E-state index contributed by atoms with van der Waals surface area (Å²) in [6.07, 6.45) is 1.79. The minimum absolute atomic E-state index is 0.205. The standard InChI is InChI=1S/C37H26N6O4/c44-34-24-12-4-6-14-26(24)36(46)32-28(34)16-8-18-30(32)38-23-20-42(39-22-10-2-1-3-11-22)41-43(21-23)40-31-19-9-17-29-33(31)37(47)27-15-7-5-13-25(27)35(29)45/h1-20,38-41H,21H2. The Morgan fingerprint density at radius 1 is 0.489 bits per heavy atom. The predicted molar refractivity (Wildman–Crippen MR) is 177 cm³/mol. The van der Waals surface area contributed by atoms with Crippen molar-refractivity contribution in [1.82, 2.24) is 15.8 Å². The van der Waals surface area contributed by atoms with Crippen LogP contribution < -0.4 is 21.7 Å². The van der Waals surface area contributed by atoms with E-state index in [1.165, 1.54) is 0 Å². The van der Waals surface area contributed by atoms with Crippen molar-refractivity contribution in [3.05, 3.63) is 172 Å². The fourth-order valence-electron chi connectivity index (χ4n) is 6.21. The normalized spacial score (nSPS) is 15.2. The predicted octanol–water partition coefficient (Wildman–Crippen LogP) is 5.58. The molecule has 0 fully saturated rings. The van der Waals surface area contributed by atoms with Gasteiger partial charge in [0.25, 0.3) is 0 Å². The van der Waals surface area contributed by atoms with Gasteiger partial charge in [0.15, 0.2) is 23.1 Å². The van der Waals surface area contributed by atoms with Gasteiger partial charge in [-0.15, -0.1) is 10.7 Å². The van der Waals surface area contributed by atoms with Gasteiger partial charge in [-0.2, -0.15) is 0 Å². The molecule has 10 nitrogen and oxygen atoms in total. The van der Waals surface area contributed by atoms with Crippen LogP contribution in [0.25, 0.3) is 0 Å². The minimum atomic E-state index is -0.247. The monoisotopic (exact) mass is 618 g/mol. The number of anilines is 3. The van der Waals surface area contributed by atoms with E-state index in [0.29, 0.717) is 56.0 Å².